The fourth-order valence-corrected chi connectivity index (χ4v) is 4.78. The number of carbonyl (C=O) groups excluding carboxylic acids is 2. The molecule has 2 heterocycles. The van der Waals surface area contributed by atoms with Crippen LogP contribution in [0.4, 0.5) is 10.5 Å². The molecule has 2 aromatic heterocycles. The van der Waals surface area contributed by atoms with E-state index in [-0.39, 0.29) is 23.6 Å². The van der Waals surface area contributed by atoms with Crippen LogP contribution in [-0.4, -0.2) is 31.8 Å². The van der Waals surface area contributed by atoms with Crippen molar-refractivity contribution in [3.8, 4) is 17.0 Å². The van der Waals surface area contributed by atoms with Crippen molar-refractivity contribution in [3.63, 3.8) is 0 Å². The number of anilines is 1. The fraction of sp³-hybridized carbons (Fsp3) is 0.241. The predicted molar refractivity (Wildman–Crippen MR) is 142 cm³/mol. The summed E-state index contributed by atoms with van der Waals surface area (Å²) in [4.78, 5) is 29.6. The zero-order valence-electron chi connectivity index (χ0n) is 20.6. The number of hydrogen-bond donors (Lipinski definition) is 3. The van der Waals surface area contributed by atoms with E-state index < -0.39 is 0 Å². The molecule has 0 atom stereocenters. The van der Waals surface area contributed by atoms with E-state index in [1.807, 2.05) is 37.3 Å². The average Bonchev–Trinajstić information content (AvgIpc) is 3.59. The fourth-order valence-electron chi connectivity index (χ4n) is 4.78. The van der Waals surface area contributed by atoms with Gasteiger partial charge in [0, 0.05) is 42.2 Å². The lowest BCUT2D eigenvalue weighted by Gasteiger charge is -2.13. The number of aryl methyl sites for hydroxylation is 1. The quantitative estimate of drug-likeness (QED) is 0.321. The Hall–Kier alpha value is -4.46. The highest BCUT2D eigenvalue weighted by Crippen LogP contribution is 2.38. The molecule has 3 N–H and O–H groups in total. The molecule has 188 valence electrons. The maximum Gasteiger partial charge on any atom is 0.342 e. The Bertz CT molecular complexity index is 1420. The number of nitrogens with zero attached hydrogens (tertiary/aromatic N) is 3. The van der Waals surface area contributed by atoms with Crippen molar-refractivity contribution in [2.75, 3.05) is 5.32 Å². The minimum Gasteiger partial charge on any atom is -0.507 e. The second kappa shape index (κ2) is 10.7. The Kier molecular flexibility index (Phi) is 6.98. The van der Waals surface area contributed by atoms with Gasteiger partial charge < -0.3 is 15.7 Å². The molecule has 0 aliphatic heterocycles. The number of nitrogens with one attached hydrogen (secondary N) is 2. The van der Waals surface area contributed by atoms with Crippen LogP contribution < -0.4 is 10.6 Å². The van der Waals surface area contributed by atoms with E-state index >= 15 is 0 Å². The van der Waals surface area contributed by atoms with Crippen LogP contribution in [0.25, 0.3) is 11.3 Å². The van der Waals surface area contributed by atoms with Crippen LogP contribution in [0.5, 0.6) is 5.75 Å². The molecule has 0 bridgehead atoms. The van der Waals surface area contributed by atoms with Crippen molar-refractivity contribution < 1.29 is 14.7 Å². The van der Waals surface area contributed by atoms with E-state index in [1.54, 1.807) is 30.5 Å². The monoisotopic (exact) mass is 495 g/mol. The second-order valence-corrected chi connectivity index (χ2v) is 9.36. The zero-order valence-corrected chi connectivity index (χ0v) is 20.6. The largest absolute Gasteiger partial charge is 0.507 e. The highest BCUT2D eigenvalue weighted by atomic mass is 16.3. The maximum absolute atomic E-state index is 13.2. The van der Waals surface area contributed by atoms with Crippen LogP contribution in [0.2, 0.25) is 0 Å². The van der Waals surface area contributed by atoms with E-state index in [4.69, 9.17) is 0 Å². The van der Waals surface area contributed by atoms with Gasteiger partial charge in [0.05, 0.1) is 17.0 Å². The van der Waals surface area contributed by atoms with Gasteiger partial charge in [0.1, 0.15) is 5.75 Å². The molecule has 1 aliphatic rings. The maximum atomic E-state index is 13.2. The second-order valence-electron chi connectivity index (χ2n) is 9.36. The van der Waals surface area contributed by atoms with Gasteiger partial charge in [-0.3, -0.25) is 9.78 Å². The van der Waals surface area contributed by atoms with Crippen molar-refractivity contribution in [1.29, 1.82) is 0 Å². The van der Waals surface area contributed by atoms with E-state index in [9.17, 15) is 14.7 Å². The van der Waals surface area contributed by atoms with Crippen molar-refractivity contribution in [2.45, 2.75) is 45.1 Å². The number of hydrogen-bond acceptors (Lipinski definition) is 5. The standard InChI is InChI=1S/C29H29N5O3/c1-19-7-2-3-10-21(19)18-31-29(37)34-26(20-8-4-5-9-20)16-25(33-34)24-13-12-23(15-27(24)35)32-28(36)22-11-6-14-30-17-22/h2-3,6-7,10-17,20,35H,4-5,8-9,18H2,1H3,(H,31,37)(H,32,36). The van der Waals surface area contributed by atoms with Gasteiger partial charge in [-0.05, 0) is 61.2 Å². The molecule has 8 nitrogen and oxygen atoms in total. The third kappa shape index (κ3) is 5.38. The summed E-state index contributed by atoms with van der Waals surface area (Å²) in [5.74, 6) is -0.115. The third-order valence-corrected chi connectivity index (χ3v) is 6.85. The molecule has 0 spiro atoms. The Morgan fingerprint density at radius 2 is 1.86 bits per heavy atom. The van der Waals surface area contributed by atoms with Gasteiger partial charge in [0.25, 0.3) is 5.91 Å². The SMILES string of the molecule is Cc1ccccc1CNC(=O)n1nc(-c2ccc(NC(=O)c3cccnc3)cc2O)cc1C1CCCC1. The molecular formula is C29H29N5O3. The Morgan fingerprint density at radius 3 is 2.59 bits per heavy atom. The van der Waals surface area contributed by atoms with E-state index in [0.29, 0.717) is 29.1 Å². The molecule has 1 aliphatic carbocycles. The lowest BCUT2D eigenvalue weighted by molar-refractivity contribution is 0.102. The minimum atomic E-state index is -0.321. The first-order valence-electron chi connectivity index (χ1n) is 12.5. The molecule has 37 heavy (non-hydrogen) atoms. The normalized spacial score (nSPS) is 13.4. The molecule has 2 amide bonds. The van der Waals surface area contributed by atoms with E-state index in [0.717, 1.165) is 42.5 Å². The van der Waals surface area contributed by atoms with Gasteiger partial charge in [-0.1, -0.05) is 37.1 Å². The summed E-state index contributed by atoms with van der Waals surface area (Å²) in [5, 5.41) is 21.2. The van der Waals surface area contributed by atoms with Crippen LogP contribution >= 0.6 is 0 Å². The summed E-state index contributed by atoms with van der Waals surface area (Å²) in [6.45, 7) is 2.42. The molecule has 1 saturated carbocycles. The van der Waals surface area contributed by atoms with Gasteiger partial charge in [0.2, 0.25) is 0 Å². The number of rotatable bonds is 6. The average molecular weight is 496 g/mol. The molecular weight excluding hydrogens is 466 g/mol. The summed E-state index contributed by atoms with van der Waals surface area (Å²) in [7, 11) is 0. The Morgan fingerprint density at radius 1 is 1.05 bits per heavy atom. The molecule has 4 aromatic rings. The number of phenolic OH excluding ortho intramolecular Hbond substituents is 1. The van der Waals surface area contributed by atoms with Gasteiger partial charge in [-0.25, -0.2) is 4.79 Å². The van der Waals surface area contributed by atoms with Gasteiger partial charge in [-0.2, -0.15) is 9.78 Å². The first kappa shape index (κ1) is 24.2. The van der Waals surface area contributed by atoms with Crippen molar-refractivity contribution in [3.05, 3.63) is 95.4 Å². The summed E-state index contributed by atoms with van der Waals surface area (Å²) in [5.41, 5.74) is 4.87. The first-order chi connectivity index (χ1) is 18.0. The van der Waals surface area contributed by atoms with Crippen LogP contribution in [0.3, 0.4) is 0 Å². The summed E-state index contributed by atoms with van der Waals surface area (Å²) in [6, 6.07) is 17.8. The van der Waals surface area contributed by atoms with Crippen LogP contribution in [-0.2, 0) is 6.54 Å². The van der Waals surface area contributed by atoms with E-state index in [1.165, 1.54) is 16.9 Å². The molecule has 0 radical (unpaired) electrons. The lowest BCUT2D eigenvalue weighted by Crippen LogP contribution is -2.31. The van der Waals surface area contributed by atoms with Crippen molar-refractivity contribution >= 4 is 17.6 Å². The number of aromatic nitrogens is 3. The number of amides is 2. The highest BCUT2D eigenvalue weighted by molar-refractivity contribution is 6.04. The van der Waals surface area contributed by atoms with Gasteiger partial charge >= 0.3 is 6.03 Å². The van der Waals surface area contributed by atoms with Gasteiger partial charge in [0.15, 0.2) is 0 Å². The number of carbonyl (C=O) groups is 2. The van der Waals surface area contributed by atoms with Crippen molar-refractivity contribution in [1.82, 2.24) is 20.1 Å². The first-order valence-corrected chi connectivity index (χ1v) is 12.5. The topological polar surface area (TPSA) is 109 Å². The smallest absolute Gasteiger partial charge is 0.342 e. The number of benzene rings is 2. The van der Waals surface area contributed by atoms with Crippen LogP contribution in [0, 0.1) is 6.92 Å². The number of aromatic hydroxyl groups is 1. The number of pyridine rings is 1. The zero-order chi connectivity index (χ0) is 25.8. The van der Waals surface area contributed by atoms with Crippen LogP contribution in [0.15, 0.2) is 73.1 Å². The predicted octanol–water partition coefficient (Wildman–Crippen LogP) is 5.63. The molecule has 5 rings (SSSR count). The molecule has 0 saturated heterocycles. The minimum absolute atomic E-state index is 0.0353. The molecule has 0 unspecified atom stereocenters. The Balaban J connectivity index is 1.39. The van der Waals surface area contributed by atoms with Gasteiger partial charge in [-0.15, -0.1) is 0 Å². The Labute approximate surface area is 215 Å². The van der Waals surface area contributed by atoms with Crippen molar-refractivity contribution in [2.24, 2.45) is 0 Å². The van der Waals surface area contributed by atoms with Crippen LogP contribution in [0.1, 0.15) is 58.8 Å². The third-order valence-electron chi connectivity index (χ3n) is 6.85. The number of phenols is 1. The highest BCUT2D eigenvalue weighted by Gasteiger charge is 2.26. The molecule has 8 heteroatoms. The summed E-state index contributed by atoms with van der Waals surface area (Å²) >= 11 is 0. The molecule has 2 aromatic carbocycles. The van der Waals surface area contributed by atoms with E-state index in [2.05, 4.69) is 20.7 Å². The summed E-state index contributed by atoms with van der Waals surface area (Å²) < 4.78 is 1.45. The summed E-state index contributed by atoms with van der Waals surface area (Å²) in [6.07, 6.45) is 7.31. The lowest BCUT2D eigenvalue weighted by atomic mass is 10.0. The molecule has 1 fully saturated rings.